The Bertz CT molecular complexity index is 855. The Morgan fingerprint density at radius 1 is 0.407 bits per heavy atom. The van der Waals surface area contributed by atoms with Crippen molar-refractivity contribution in [3.05, 3.63) is 24.3 Å². The van der Waals surface area contributed by atoms with Crippen molar-refractivity contribution in [2.75, 3.05) is 6.61 Å². The van der Waals surface area contributed by atoms with E-state index in [-0.39, 0.29) is 12.5 Å². The lowest BCUT2D eigenvalue weighted by Gasteiger charge is -2.22. The molecule has 0 aliphatic rings. The van der Waals surface area contributed by atoms with Crippen LogP contribution in [0, 0.1) is 0 Å². The van der Waals surface area contributed by atoms with Gasteiger partial charge in [-0.25, -0.2) is 0 Å². The fourth-order valence-electron chi connectivity index (χ4n) is 8.57. The fraction of sp³-hybridized carbons (Fsp3) is 0.909. The van der Waals surface area contributed by atoms with Gasteiger partial charge in [-0.2, -0.15) is 0 Å². The highest BCUT2D eigenvalue weighted by atomic mass is 16.3. The number of carbonyl (C=O) groups excluding carboxylic acids is 1. The van der Waals surface area contributed by atoms with Gasteiger partial charge >= 0.3 is 0 Å². The third-order valence-corrected chi connectivity index (χ3v) is 12.7. The van der Waals surface area contributed by atoms with Crippen LogP contribution in [0.1, 0.15) is 303 Å². The number of hydrogen-bond donors (Lipinski definition) is 3. The van der Waals surface area contributed by atoms with Gasteiger partial charge in [-0.05, 0) is 44.9 Å². The summed E-state index contributed by atoms with van der Waals surface area (Å²) in [6.07, 6.45) is 67.3. The van der Waals surface area contributed by atoms with Crippen molar-refractivity contribution in [2.24, 2.45) is 0 Å². The molecule has 0 radical (unpaired) electrons. The first-order valence-corrected chi connectivity index (χ1v) is 27.0. The molecule has 0 aliphatic heterocycles. The number of aliphatic hydroxyl groups is 2. The molecule has 0 aliphatic carbocycles. The third kappa shape index (κ3) is 47.8. The third-order valence-electron chi connectivity index (χ3n) is 12.7. The van der Waals surface area contributed by atoms with E-state index in [9.17, 15) is 15.0 Å². The first-order chi connectivity index (χ1) is 29.2. The Morgan fingerprint density at radius 3 is 1.03 bits per heavy atom. The summed E-state index contributed by atoms with van der Waals surface area (Å²) in [4.78, 5) is 12.5. The second-order valence-corrected chi connectivity index (χ2v) is 18.7. The van der Waals surface area contributed by atoms with Crippen molar-refractivity contribution < 1.29 is 15.0 Å². The largest absolute Gasteiger partial charge is 0.394 e. The Kier molecular flexibility index (Phi) is 50.2. The first kappa shape index (κ1) is 57.9. The van der Waals surface area contributed by atoms with E-state index >= 15 is 0 Å². The van der Waals surface area contributed by atoms with Crippen LogP contribution in [0.15, 0.2) is 24.3 Å². The summed E-state index contributed by atoms with van der Waals surface area (Å²) in [6, 6.07) is -0.540. The fourth-order valence-corrected chi connectivity index (χ4v) is 8.57. The lowest BCUT2D eigenvalue weighted by molar-refractivity contribution is -0.123. The van der Waals surface area contributed by atoms with E-state index in [1.807, 2.05) is 0 Å². The van der Waals surface area contributed by atoms with E-state index in [0.717, 1.165) is 32.1 Å². The van der Waals surface area contributed by atoms with E-state index < -0.39 is 12.1 Å². The number of carbonyl (C=O) groups is 1. The molecule has 0 bridgehead atoms. The SMILES string of the molecule is CCCCCC/C=C\C/C=C\CCCCCCCCCC(=O)NC(CO)C(O)CCCCCCCCCCCCCCCCCCCCCCCCCCCCCCC. The van der Waals surface area contributed by atoms with Gasteiger partial charge < -0.3 is 15.5 Å². The van der Waals surface area contributed by atoms with Gasteiger partial charge in [0.2, 0.25) is 5.91 Å². The lowest BCUT2D eigenvalue weighted by Crippen LogP contribution is -2.45. The molecule has 0 spiro atoms. The number of allylic oxidation sites excluding steroid dienone is 4. The van der Waals surface area contributed by atoms with E-state index in [0.29, 0.717) is 12.8 Å². The highest BCUT2D eigenvalue weighted by Crippen LogP contribution is 2.18. The highest BCUT2D eigenvalue weighted by molar-refractivity contribution is 5.76. The van der Waals surface area contributed by atoms with Crippen LogP contribution in [-0.2, 0) is 4.79 Å². The summed E-state index contributed by atoms with van der Waals surface area (Å²) < 4.78 is 0. The van der Waals surface area contributed by atoms with Gasteiger partial charge in [0.05, 0.1) is 18.8 Å². The van der Waals surface area contributed by atoms with Gasteiger partial charge in [0, 0.05) is 6.42 Å². The van der Waals surface area contributed by atoms with Crippen LogP contribution < -0.4 is 5.32 Å². The van der Waals surface area contributed by atoms with Crippen LogP contribution in [-0.4, -0.2) is 34.9 Å². The second kappa shape index (κ2) is 51.2. The first-order valence-electron chi connectivity index (χ1n) is 27.0. The van der Waals surface area contributed by atoms with Crippen molar-refractivity contribution in [1.82, 2.24) is 5.32 Å². The van der Waals surface area contributed by atoms with Crippen molar-refractivity contribution in [3.8, 4) is 0 Å². The number of aliphatic hydroxyl groups excluding tert-OH is 2. The molecular weight excluding hydrogens is 723 g/mol. The van der Waals surface area contributed by atoms with Crippen LogP contribution in [0.4, 0.5) is 0 Å². The Balaban J connectivity index is 3.43. The molecule has 4 nitrogen and oxygen atoms in total. The highest BCUT2D eigenvalue weighted by Gasteiger charge is 2.20. The zero-order valence-electron chi connectivity index (χ0n) is 40.3. The average Bonchev–Trinajstić information content (AvgIpc) is 3.24. The van der Waals surface area contributed by atoms with E-state index in [4.69, 9.17) is 0 Å². The molecule has 59 heavy (non-hydrogen) atoms. The van der Waals surface area contributed by atoms with Crippen LogP contribution in [0.2, 0.25) is 0 Å². The topological polar surface area (TPSA) is 69.6 Å². The maximum atomic E-state index is 12.5. The van der Waals surface area contributed by atoms with E-state index in [2.05, 4.69) is 43.5 Å². The minimum absolute atomic E-state index is 0.0354. The molecule has 0 aromatic carbocycles. The Hall–Kier alpha value is -1.13. The summed E-state index contributed by atoms with van der Waals surface area (Å²) in [6.45, 7) is 4.37. The van der Waals surface area contributed by atoms with Crippen molar-refractivity contribution in [1.29, 1.82) is 0 Å². The summed E-state index contributed by atoms with van der Waals surface area (Å²) in [7, 11) is 0. The molecule has 350 valence electrons. The number of rotatable bonds is 50. The number of nitrogens with one attached hydrogen (secondary N) is 1. The van der Waals surface area contributed by atoms with Crippen molar-refractivity contribution in [3.63, 3.8) is 0 Å². The molecule has 2 atom stereocenters. The van der Waals surface area contributed by atoms with Gasteiger partial charge in [0.1, 0.15) is 0 Å². The quantitative estimate of drug-likeness (QED) is 0.0422. The standard InChI is InChI=1S/C55H107NO3/c1-3-5-7-9-11-13-15-17-19-21-23-24-25-26-27-28-29-30-31-32-33-34-36-38-40-42-44-46-48-50-54(58)53(52-57)56-55(59)51-49-47-45-43-41-39-37-35-22-20-18-16-14-12-10-8-6-4-2/h14,16,20,22,53-54,57-58H,3-13,15,17-19,21,23-52H2,1-2H3,(H,56,59)/b16-14-,22-20-. The zero-order chi connectivity index (χ0) is 42.8. The van der Waals surface area contributed by atoms with Gasteiger partial charge in [-0.1, -0.05) is 276 Å². The molecule has 0 aromatic rings. The molecule has 0 saturated heterocycles. The van der Waals surface area contributed by atoms with E-state index in [1.165, 1.54) is 244 Å². The predicted molar refractivity (Wildman–Crippen MR) is 262 cm³/mol. The second-order valence-electron chi connectivity index (χ2n) is 18.7. The van der Waals surface area contributed by atoms with Gasteiger partial charge in [-0.15, -0.1) is 0 Å². The van der Waals surface area contributed by atoms with Gasteiger partial charge in [0.25, 0.3) is 0 Å². The van der Waals surface area contributed by atoms with Gasteiger partial charge in [-0.3, -0.25) is 4.79 Å². The summed E-state index contributed by atoms with van der Waals surface area (Å²) >= 11 is 0. The van der Waals surface area contributed by atoms with E-state index in [1.54, 1.807) is 0 Å². The normalized spacial score (nSPS) is 12.9. The molecule has 0 fully saturated rings. The molecule has 0 heterocycles. The minimum atomic E-state index is -0.662. The number of amides is 1. The number of unbranched alkanes of at least 4 members (excludes halogenated alkanes) is 39. The molecule has 0 saturated carbocycles. The molecule has 2 unspecified atom stereocenters. The van der Waals surface area contributed by atoms with Crippen molar-refractivity contribution in [2.45, 2.75) is 315 Å². The maximum Gasteiger partial charge on any atom is 0.220 e. The minimum Gasteiger partial charge on any atom is -0.394 e. The Labute approximate surface area is 370 Å². The zero-order valence-corrected chi connectivity index (χ0v) is 40.3. The van der Waals surface area contributed by atoms with Gasteiger partial charge in [0.15, 0.2) is 0 Å². The maximum absolute atomic E-state index is 12.5. The number of hydrogen-bond acceptors (Lipinski definition) is 3. The van der Waals surface area contributed by atoms with Crippen molar-refractivity contribution >= 4 is 5.91 Å². The monoisotopic (exact) mass is 830 g/mol. The molecule has 4 heteroatoms. The molecule has 0 rings (SSSR count). The molecular formula is C55H107NO3. The predicted octanol–water partition coefficient (Wildman–Crippen LogP) is 17.5. The summed E-state index contributed by atoms with van der Waals surface area (Å²) in [5.41, 5.74) is 0. The summed E-state index contributed by atoms with van der Waals surface area (Å²) in [5.74, 6) is -0.0354. The lowest BCUT2D eigenvalue weighted by atomic mass is 10.0. The van der Waals surface area contributed by atoms with Crippen LogP contribution in [0.3, 0.4) is 0 Å². The molecule has 3 N–H and O–H groups in total. The molecule has 0 aromatic heterocycles. The van der Waals surface area contributed by atoms with Crippen LogP contribution in [0.25, 0.3) is 0 Å². The molecule has 1 amide bonds. The average molecular weight is 830 g/mol. The summed E-state index contributed by atoms with van der Waals surface area (Å²) in [5, 5.41) is 23.3. The Morgan fingerprint density at radius 2 is 0.695 bits per heavy atom. The van der Waals surface area contributed by atoms with Crippen LogP contribution >= 0.6 is 0 Å². The van der Waals surface area contributed by atoms with Crippen LogP contribution in [0.5, 0.6) is 0 Å². The smallest absolute Gasteiger partial charge is 0.220 e.